The van der Waals surface area contributed by atoms with Crippen LogP contribution in [0.2, 0.25) is 0 Å². The highest BCUT2D eigenvalue weighted by Crippen LogP contribution is 2.25. The number of carbonyl (C=O) groups is 1. The Morgan fingerprint density at radius 3 is 3.00 bits per heavy atom. The third kappa shape index (κ3) is 1.61. The Hall–Kier alpha value is -1.42. The van der Waals surface area contributed by atoms with Gasteiger partial charge in [0.25, 0.3) is 0 Å². The Labute approximate surface area is 85.8 Å². The number of amides is 1. The lowest BCUT2D eigenvalue weighted by atomic mass is 10.3. The minimum atomic E-state index is -0.00935. The normalized spacial score (nSPS) is 12.6. The predicted molar refractivity (Wildman–Crippen MR) is 57.2 cm³/mol. The zero-order chi connectivity index (χ0) is 9.97. The van der Waals surface area contributed by atoms with Gasteiger partial charge in [0, 0.05) is 0 Å². The summed E-state index contributed by atoms with van der Waals surface area (Å²) < 4.78 is 1.15. The maximum Gasteiger partial charge on any atom is 0.207 e. The quantitative estimate of drug-likeness (QED) is 0.781. The smallest absolute Gasteiger partial charge is 0.207 e. The van der Waals surface area contributed by atoms with E-state index in [1.165, 1.54) is 0 Å². The molecule has 1 aromatic carbocycles. The van der Waals surface area contributed by atoms with E-state index in [1.807, 2.05) is 31.2 Å². The second-order valence-corrected chi connectivity index (χ2v) is 4.09. The standard InChI is InChI=1S/C10H10N2OS/c1-7(11-6-13)10-12-8-4-2-3-5-9(8)14-10/h2-7H,1H3,(H,11,13). The lowest BCUT2D eigenvalue weighted by Gasteiger charge is -2.03. The number of thiazole rings is 1. The lowest BCUT2D eigenvalue weighted by molar-refractivity contribution is -0.110. The molecule has 2 aromatic rings. The molecule has 72 valence electrons. The Morgan fingerprint density at radius 2 is 2.29 bits per heavy atom. The molecule has 0 spiro atoms. The fourth-order valence-corrected chi connectivity index (χ4v) is 2.23. The second-order valence-electron chi connectivity index (χ2n) is 3.03. The van der Waals surface area contributed by atoms with Gasteiger partial charge in [0.05, 0.1) is 16.3 Å². The van der Waals surface area contributed by atoms with E-state index >= 15 is 0 Å². The van der Waals surface area contributed by atoms with Crippen molar-refractivity contribution in [3.8, 4) is 0 Å². The van der Waals surface area contributed by atoms with Gasteiger partial charge < -0.3 is 5.32 Å². The summed E-state index contributed by atoms with van der Waals surface area (Å²) in [5.74, 6) is 0. The van der Waals surface area contributed by atoms with Gasteiger partial charge in [-0.1, -0.05) is 12.1 Å². The van der Waals surface area contributed by atoms with Crippen molar-refractivity contribution < 1.29 is 4.79 Å². The SMILES string of the molecule is CC(NC=O)c1nc2ccccc2s1. The van der Waals surface area contributed by atoms with Crippen LogP contribution in [0.25, 0.3) is 10.2 Å². The molecule has 1 heterocycles. The van der Waals surface area contributed by atoms with E-state index in [9.17, 15) is 4.79 Å². The van der Waals surface area contributed by atoms with Crippen LogP contribution >= 0.6 is 11.3 Å². The molecule has 1 amide bonds. The maximum atomic E-state index is 10.3. The molecular formula is C10H10N2OS. The first-order valence-corrected chi connectivity index (χ1v) is 5.18. The van der Waals surface area contributed by atoms with Crippen LogP contribution < -0.4 is 5.32 Å². The van der Waals surface area contributed by atoms with Crippen LogP contribution in [-0.2, 0) is 4.79 Å². The summed E-state index contributed by atoms with van der Waals surface area (Å²) in [6.07, 6.45) is 0.705. The Bertz CT molecular complexity index is 419. The molecule has 0 fully saturated rings. The van der Waals surface area contributed by atoms with Crippen molar-refractivity contribution in [2.75, 3.05) is 0 Å². The molecule has 1 aromatic heterocycles. The third-order valence-corrected chi connectivity index (χ3v) is 3.22. The van der Waals surface area contributed by atoms with E-state index in [0.29, 0.717) is 6.41 Å². The van der Waals surface area contributed by atoms with Crippen LogP contribution in [0.1, 0.15) is 18.0 Å². The average molecular weight is 206 g/mol. The van der Waals surface area contributed by atoms with Crippen LogP contribution in [0.15, 0.2) is 24.3 Å². The highest BCUT2D eigenvalue weighted by molar-refractivity contribution is 7.18. The number of carbonyl (C=O) groups excluding carboxylic acids is 1. The molecule has 0 bridgehead atoms. The van der Waals surface area contributed by atoms with Crippen LogP contribution in [0.4, 0.5) is 0 Å². The molecule has 1 N–H and O–H groups in total. The van der Waals surface area contributed by atoms with Crippen molar-refractivity contribution in [3.05, 3.63) is 29.3 Å². The molecule has 1 atom stereocenters. The third-order valence-electron chi connectivity index (χ3n) is 2.00. The van der Waals surface area contributed by atoms with E-state index in [2.05, 4.69) is 10.3 Å². The van der Waals surface area contributed by atoms with Gasteiger partial charge in [0.15, 0.2) is 0 Å². The van der Waals surface area contributed by atoms with E-state index in [1.54, 1.807) is 11.3 Å². The number of benzene rings is 1. The van der Waals surface area contributed by atoms with Crippen molar-refractivity contribution in [1.82, 2.24) is 10.3 Å². The minimum Gasteiger partial charge on any atom is -0.350 e. The summed E-state index contributed by atoms with van der Waals surface area (Å²) in [5.41, 5.74) is 0.993. The summed E-state index contributed by atoms with van der Waals surface area (Å²) in [6, 6.07) is 7.95. The number of nitrogens with zero attached hydrogens (tertiary/aromatic N) is 1. The molecule has 0 saturated carbocycles. The molecule has 14 heavy (non-hydrogen) atoms. The van der Waals surface area contributed by atoms with Gasteiger partial charge in [0.1, 0.15) is 5.01 Å². The molecule has 0 aliphatic heterocycles. The molecule has 0 saturated heterocycles. The summed E-state index contributed by atoms with van der Waals surface area (Å²) >= 11 is 1.61. The van der Waals surface area contributed by atoms with E-state index < -0.39 is 0 Å². The monoisotopic (exact) mass is 206 g/mol. The van der Waals surface area contributed by atoms with Crippen molar-refractivity contribution in [1.29, 1.82) is 0 Å². The number of rotatable bonds is 3. The molecule has 1 unspecified atom stereocenters. The summed E-state index contributed by atoms with van der Waals surface area (Å²) in [6.45, 7) is 1.92. The topological polar surface area (TPSA) is 42.0 Å². The predicted octanol–water partition coefficient (Wildman–Crippen LogP) is 2.10. The van der Waals surface area contributed by atoms with Gasteiger partial charge in [0.2, 0.25) is 6.41 Å². The molecule has 3 nitrogen and oxygen atoms in total. The fourth-order valence-electron chi connectivity index (χ4n) is 1.25. The lowest BCUT2D eigenvalue weighted by Crippen LogP contribution is -2.15. The van der Waals surface area contributed by atoms with Gasteiger partial charge in [-0.15, -0.1) is 11.3 Å². The minimum absolute atomic E-state index is 0.00935. The van der Waals surface area contributed by atoms with E-state index in [0.717, 1.165) is 15.2 Å². The van der Waals surface area contributed by atoms with Gasteiger partial charge in [-0.3, -0.25) is 4.79 Å². The number of hydrogen-bond donors (Lipinski definition) is 1. The molecule has 0 aliphatic carbocycles. The molecule has 0 aliphatic rings. The van der Waals surface area contributed by atoms with Crippen LogP contribution in [0.5, 0.6) is 0 Å². The first-order valence-electron chi connectivity index (χ1n) is 4.36. The van der Waals surface area contributed by atoms with Crippen molar-refractivity contribution in [3.63, 3.8) is 0 Å². The highest BCUT2D eigenvalue weighted by atomic mass is 32.1. The van der Waals surface area contributed by atoms with Crippen LogP contribution in [0, 0.1) is 0 Å². The van der Waals surface area contributed by atoms with E-state index in [-0.39, 0.29) is 6.04 Å². The van der Waals surface area contributed by atoms with Crippen LogP contribution in [-0.4, -0.2) is 11.4 Å². The summed E-state index contributed by atoms with van der Waals surface area (Å²) in [5, 5.41) is 3.63. The maximum absolute atomic E-state index is 10.3. The van der Waals surface area contributed by atoms with Crippen LogP contribution in [0.3, 0.4) is 0 Å². The Morgan fingerprint density at radius 1 is 1.50 bits per heavy atom. The zero-order valence-corrected chi connectivity index (χ0v) is 8.54. The molecule has 0 radical (unpaired) electrons. The number of aromatic nitrogens is 1. The number of hydrogen-bond acceptors (Lipinski definition) is 3. The number of para-hydroxylation sites is 1. The average Bonchev–Trinajstić information content (AvgIpc) is 2.61. The Balaban J connectivity index is 2.39. The number of nitrogens with one attached hydrogen (secondary N) is 1. The number of fused-ring (bicyclic) bond motifs is 1. The van der Waals surface area contributed by atoms with E-state index in [4.69, 9.17) is 0 Å². The van der Waals surface area contributed by atoms with Crippen molar-refractivity contribution >= 4 is 28.0 Å². The summed E-state index contributed by atoms with van der Waals surface area (Å²) in [4.78, 5) is 14.7. The molecule has 4 heteroatoms. The van der Waals surface area contributed by atoms with Crippen molar-refractivity contribution in [2.45, 2.75) is 13.0 Å². The van der Waals surface area contributed by atoms with Gasteiger partial charge in [-0.25, -0.2) is 4.98 Å². The van der Waals surface area contributed by atoms with Gasteiger partial charge >= 0.3 is 0 Å². The largest absolute Gasteiger partial charge is 0.350 e. The molecule has 2 rings (SSSR count). The first kappa shape index (κ1) is 9.15. The summed E-state index contributed by atoms with van der Waals surface area (Å²) in [7, 11) is 0. The Kier molecular flexibility index (Phi) is 2.45. The highest BCUT2D eigenvalue weighted by Gasteiger charge is 2.09. The first-order chi connectivity index (χ1) is 6.81. The fraction of sp³-hybridized carbons (Fsp3) is 0.200. The zero-order valence-electron chi connectivity index (χ0n) is 7.73. The van der Waals surface area contributed by atoms with Crippen molar-refractivity contribution in [2.24, 2.45) is 0 Å². The van der Waals surface area contributed by atoms with Gasteiger partial charge in [-0.05, 0) is 19.1 Å². The molecular weight excluding hydrogens is 196 g/mol. The second kappa shape index (κ2) is 3.75. The van der Waals surface area contributed by atoms with Gasteiger partial charge in [-0.2, -0.15) is 0 Å².